The Bertz CT molecular complexity index is 1140. The predicted octanol–water partition coefficient (Wildman–Crippen LogP) is 6.06. The predicted molar refractivity (Wildman–Crippen MR) is 135 cm³/mol. The average Bonchev–Trinajstić information content (AvgIpc) is 2.88. The number of carbonyl (C=O) groups is 1. The maximum atomic E-state index is 15.2. The number of anilines is 2. The van der Waals surface area contributed by atoms with Gasteiger partial charge in [0.1, 0.15) is 5.60 Å². The summed E-state index contributed by atoms with van der Waals surface area (Å²) in [6, 6.07) is 11.9. The molecule has 1 atom stereocenters. The minimum absolute atomic E-state index is 0.00812. The van der Waals surface area contributed by atoms with Gasteiger partial charge in [-0.2, -0.15) is 0 Å². The molecule has 1 aliphatic rings. The Balaban J connectivity index is 2.08. The van der Waals surface area contributed by atoms with E-state index in [4.69, 9.17) is 9.47 Å². The molecule has 0 spiro atoms. The zero-order chi connectivity index (χ0) is 25.9. The van der Waals surface area contributed by atoms with Crippen molar-refractivity contribution in [2.75, 3.05) is 23.8 Å². The third kappa shape index (κ3) is 6.54. The fourth-order valence-electron chi connectivity index (χ4n) is 4.48. The van der Waals surface area contributed by atoms with Crippen LogP contribution in [-0.2, 0) is 19.4 Å². The van der Waals surface area contributed by atoms with Gasteiger partial charge in [0.2, 0.25) is 0 Å². The van der Waals surface area contributed by atoms with Crippen LogP contribution in [0, 0.1) is 11.2 Å². The number of benzene rings is 2. The summed E-state index contributed by atoms with van der Waals surface area (Å²) >= 11 is 0. The Labute approximate surface area is 208 Å². The van der Waals surface area contributed by atoms with E-state index in [9.17, 15) is 13.2 Å². The lowest BCUT2D eigenvalue weighted by molar-refractivity contribution is -0.157. The first-order valence-electron chi connectivity index (χ1n) is 12.1. The topological polar surface area (TPSA) is 72.9 Å². The first-order valence-corrected chi connectivity index (χ1v) is 13.8. The Kier molecular flexibility index (Phi) is 8.14. The largest absolute Gasteiger partial charge is 0.479 e. The van der Waals surface area contributed by atoms with Gasteiger partial charge in [0.05, 0.1) is 16.3 Å². The van der Waals surface area contributed by atoms with Gasteiger partial charge in [0.25, 0.3) is 0 Å². The second kappa shape index (κ2) is 10.6. The van der Waals surface area contributed by atoms with E-state index in [0.29, 0.717) is 13.0 Å². The van der Waals surface area contributed by atoms with E-state index >= 15 is 4.39 Å². The molecule has 35 heavy (non-hydrogen) atoms. The number of hydrogen-bond donors (Lipinski definition) is 0. The summed E-state index contributed by atoms with van der Waals surface area (Å²) in [6.45, 7) is 9.19. The molecule has 0 amide bonds. The quantitative estimate of drug-likeness (QED) is 0.321. The summed E-state index contributed by atoms with van der Waals surface area (Å²) in [5.74, 6) is -1.72. The highest BCUT2D eigenvalue weighted by atomic mass is 32.2. The van der Waals surface area contributed by atoms with Gasteiger partial charge in [-0.1, -0.05) is 44.9 Å². The Morgan fingerprint density at radius 3 is 2.43 bits per heavy atom. The van der Waals surface area contributed by atoms with Crippen LogP contribution in [0.15, 0.2) is 47.4 Å². The first kappa shape index (κ1) is 27.0. The van der Waals surface area contributed by atoms with Gasteiger partial charge in [0, 0.05) is 29.8 Å². The summed E-state index contributed by atoms with van der Waals surface area (Å²) in [6.07, 6.45) is 3.29. The van der Waals surface area contributed by atoms with Crippen molar-refractivity contribution in [1.82, 2.24) is 0 Å². The Morgan fingerprint density at radius 1 is 1.14 bits per heavy atom. The SMILES string of the molecule is CCCCC1(CC)CN(c2ccccc2)c2cc(F)c(OCC(=O)OC(C)(C)C)cc2S(=O)(=O)C1. The molecule has 0 N–H and O–H groups in total. The second-order valence-corrected chi connectivity index (χ2v) is 12.2. The van der Waals surface area contributed by atoms with E-state index in [-0.39, 0.29) is 22.1 Å². The number of rotatable bonds is 8. The van der Waals surface area contributed by atoms with Crippen LogP contribution in [0.5, 0.6) is 5.75 Å². The van der Waals surface area contributed by atoms with Crippen molar-refractivity contribution >= 4 is 27.2 Å². The fraction of sp³-hybridized carbons (Fsp3) is 0.519. The van der Waals surface area contributed by atoms with Crippen molar-refractivity contribution in [2.24, 2.45) is 5.41 Å². The lowest BCUT2D eigenvalue weighted by atomic mass is 9.81. The van der Waals surface area contributed by atoms with Gasteiger partial charge >= 0.3 is 5.97 Å². The van der Waals surface area contributed by atoms with Crippen molar-refractivity contribution in [3.8, 4) is 5.75 Å². The van der Waals surface area contributed by atoms with Gasteiger partial charge < -0.3 is 14.4 Å². The molecule has 6 nitrogen and oxygen atoms in total. The molecule has 8 heteroatoms. The molecule has 1 unspecified atom stereocenters. The smallest absolute Gasteiger partial charge is 0.344 e. The van der Waals surface area contributed by atoms with Crippen molar-refractivity contribution in [3.63, 3.8) is 0 Å². The fourth-order valence-corrected chi connectivity index (χ4v) is 6.66. The molecule has 192 valence electrons. The molecular weight excluding hydrogens is 469 g/mol. The molecule has 0 aliphatic carbocycles. The third-order valence-corrected chi connectivity index (χ3v) is 8.26. The Hall–Kier alpha value is -2.61. The van der Waals surface area contributed by atoms with E-state index in [0.717, 1.165) is 24.9 Å². The first-order chi connectivity index (χ1) is 16.4. The average molecular weight is 506 g/mol. The van der Waals surface area contributed by atoms with Crippen LogP contribution in [0.3, 0.4) is 0 Å². The number of hydrogen-bond acceptors (Lipinski definition) is 6. The van der Waals surface area contributed by atoms with Gasteiger partial charge in [-0.3, -0.25) is 0 Å². The standard InChI is InChI=1S/C27H36FNO5S/c1-6-8-14-27(7-2)18-29(20-12-10-9-11-13-20)22-15-21(28)23(16-24(22)35(31,32)19-27)33-17-25(30)34-26(3,4)5/h9-13,15-16H,6-8,14,17-19H2,1-5H3. The number of ether oxygens (including phenoxy) is 2. The molecule has 0 aromatic heterocycles. The normalized spacial score (nSPS) is 19.5. The minimum Gasteiger partial charge on any atom is -0.479 e. The molecular formula is C27H36FNO5S. The van der Waals surface area contributed by atoms with Crippen LogP contribution in [-0.4, -0.2) is 38.9 Å². The van der Waals surface area contributed by atoms with Gasteiger partial charge in [-0.15, -0.1) is 0 Å². The molecule has 0 bridgehead atoms. The van der Waals surface area contributed by atoms with Gasteiger partial charge in [-0.25, -0.2) is 17.6 Å². The monoisotopic (exact) mass is 505 g/mol. The van der Waals surface area contributed by atoms with Crippen molar-refractivity contribution in [1.29, 1.82) is 0 Å². The van der Waals surface area contributed by atoms with Crippen molar-refractivity contribution in [2.45, 2.75) is 70.8 Å². The van der Waals surface area contributed by atoms with Crippen molar-refractivity contribution in [3.05, 3.63) is 48.3 Å². The zero-order valence-corrected chi connectivity index (χ0v) is 22.1. The molecule has 2 aromatic carbocycles. The summed E-state index contributed by atoms with van der Waals surface area (Å²) in [7, 11) is -3.78. The third-order valence-electron chi connectivity index (χ3n) is 6.27. The van der Waals surface area contributed by atoms with Crippen LogP contribution in [0.25, 0.3) is 0 Å². The molecule has 0 fully saturated rings. The van der Waals surface area contributed by atoms with Gasteiger partial charge in [0.15, 0.2) is 28.0 Å². The van der Waals surface area contributed by atoms with E-state index in [2.05, 4.69) is 6.92 Å². The summed E-state index contributed by atoms with van der Waals surface area (Å²) < 4.78 is 53.2. The maximum Gasteiger partial charge on any atom is 0.344 e. The highest BCUT2D eigenvalue weighted by Gasteiger charge is 2.42. The maximum absolute atomic E-state index is 15.2. The highest BCUT2D eigenvalue weighted by Crippen LogP contribution is 2.45. The van der Waals surface area contributed by atoms with Crippen LogP contribution in [0.2, 0.25) is 0 Å². The van der Waals surface area contributed by atoms with Crippen LogP contribution in [0.4, 0.5) is 15.8 Å². The number of para-hydroxylation sites is 1. The molecule has 1 aliphatic heterocycles. The lowest BCUT2D eigenvalue weighted by Crippen LogP contribution is -2.37. The van der Waals surface area contributed by atoms with Gasteiger partial charge in [-0.05, 0) is 45.7 Å². The number of sulfone groups is 1. The number of halogens is 1. The summed E-state index contributed by atoms with van der Waals surface area (Å²) in [5.41, 5.74) is -0.126. The van der Waals surface area contributed by atoms with Crippen LogP contribution < -0.4 is 9.64 Å². The zero-order valence-electron chi connectivity index (χ0n) is 21.3. The van der Waals surface area contributed by atoms with Crippen LogP contribution in [0.1, 0.15) is 60.3 Å². The molecule has 1 heterocycles. The number of fused-ring (bicyclic) bond motifs is 1. The van der Waals surface area contributed by atoms with Crippen LogP contribution >= 0.6 is 0 Å². The number of carbonyl (C=O) groups excluding carboxylic acids is 1. The highest BCUT2D eigenvalue weighted by molar-refractivity contribution is 7.91. The summed E-state index contributed by atoms with van der Waals surface area (Å²) in [5, 5.41) is 0. The lowest BCUT2D eigenvalue weighted by Gasteiger charge is -2.36. The van der Waals surface area contributed by atoms with E-state index < -0.39 is 39.2 Å². The summed E-state index contributed by atoms with van der Waals surface area (Å²) in [4.78, 5) is 14.0. The number of esters is 1. The van der Waals surface area contributed by atoms with E-state index in [1.165, 1.54) is 12.1 Å². The number of nitrogens with zero attached hydrogens (tertiary/aromatic N) is 1. The second-order valence-electron chi connectivity index (χ2n) is 10.3. The Morgan fingerprint density at radius 2 is 1.83 bits per heavy atom. The van der Waals surface area contributed by atoms with Crippen molar-refractivity contribution < 1.29 is 27.1 Å². The molecule has 0 saturated carbocycles. The molecule has 3 rings (SSSR count). The minimum atomic E-state index is -3.78. The van der Waals surface area contributed by atoms with E-state index in [1.54, 1.807) is 20.8 Å². The molecule has 0 saturated heterocycles. The van der Waals surface area contributed by atoms with E-state index in [1.807, 2.05) is 42.2 Å². The molecule has 0 radical (unpaired) electrons. The number of unbranched alkanes of at least 4 members (excludes halogenated alkanes) is 1. The molecule has 2 aromatic rings.